The van der Waals surface area contributed by atoms with E-state index in [0.717, 1.165) is 0 Å². The molecular weight excluding hydrogens is 309 g/mol. The van der Waals surface area contributed by atoms with E-state index in [0.29, 0.717) is 0 Å². The molecular formula is C7H9F6O5P. The van der Waals surface area contributed by atoms with Crippen LogP contribution in [0.1, 0.15) is 12.8 Å². The van der Waals surface area contributed by atoms with Crippen LogP contribution < -0.4 is 0 Å². The van der Waals surface area contributed by atoms with Gasteiger partial charge in [-0.05, 0) is 0 Å². The molecule has 0 amide bonds. The van der Waals surface area contributed by atoms with Crippen LogP contribution >= 0.6 is 7.60 Å². The first-order chi connectivity index (χ1) is 8.18. The van der Waals surface area contributed by atoms with Gasteiger partial charge in [0, 0.05) is 0 Å². The van der Waals surface area contributed by atoms with E-state index in [1.807, 2.05) is 0 Å². The number of hydrogen-bond acceptors (Lipinski definition) is 3. The van der Waals surface area contributed by atoms with Gasteiger partial charge in [-0.15, -0.1) is 0 Å². The minimum atomic E-state index is -5.02. The van der Waals surface area contributed by atoms with E-state index in [4.69, 9.17) is 9.79 Å². The van der Waals surface area contributed by atoms with E-state index in [2.05, 4.69) is 4.74 Å². The van der Waals surface area contributed by atoms with E-state index in [9.17, 15) is 35.7 Å². The molecule has 2 N–H and O–H groups in total. The monoisotopic (exact) mass is 318 g/mol. The van der Waals surface area contributed by atoms with Gasteiger partial charge in [0.2, 0.25) is 0 Å². The molecule has 0 aromatic rings. The summed E-state index contributed by atoms with van der Waals surface area (Å²) in [5.74, 6) is -1.83. The summed E-state index contributed by atoms with van der Waals surface area (Å²) in [6.07, 6.45) is -18.3. The highest BCUT2D eigenvalue weighted by Crippen LogP contribution is 2.35. The fourth-order valence-corrected chi connectivity index (χ4v) is 1.47. The quantitative estimate of drug-likeness (QED) is 0.460. The highest BCUT2D eigenvalue weighted by molar-refractivity contribution is 7.52. The van der Waals surface area contributed by atoms with Crippen molar-refractivity contribution >= 4 is 13.6 Å². The Hall–Kier alpha value is -0.800. The van der Waals surface area contributed by atoms with Gasteiger partial charge < -0.3 is 14.5 Å². The molecule has 0 radical (unpaired) electrons. The summed E-state index contributed by atoms with van der Waals surface area (Å²) in [4.78, 5) is 27.5. The average Bonchev–Trinajstić information content (AvgIpc) is 1.90. The first-order valence-electron chi connectivity index (χ1n) is 4.55. The molecule has 0 saturated heterocycles. The number of alkyl halides is 6. The first kappa shape index (κ1) is 18.2. The van der Waals surface area contributed by atoms with E-state index >= 15 is 0 Å². The largest absolute Gasteiger partial charge is 0.461 e. The number of halogens is 6. The fraction of sp³-hybridized carbons (Fsp3) is 0.857. The lowest BCUT2D eigenvalue weighted by Gasteiger charge is -2.20. The lowest BCUT2D eigenvalue weighted by Crippen LogP contribution is -2.30. The van der Waals surface area contributed by atoms with Gasteiger partial charge in [-0.2, -0.15) is 26.3 Å². The van der Waals surface area contributed by atoms with Crippen molar-refractivity contribution in [2.45, 2.75) is 31.3 Å². The summed E-state index contributed by atoms with van der Waals surface area (Å²) in [7, 11) is -4.92. The van der Waals surface area contributed by atoms with E-state index < -0.39 is 51.0 Å². The average molecular weight is 318 g/mol. The Morgan fingerprint density at radius 3 is 1.68 bits per heavy atom. The van der Waals surface area contributed by atoms with Gasteiger partial charge in [0.1, 0.15) is 12.3 Å². The summed E-state index contributed by atoms with van der Waals surface area (Å²) in [6.45, 7) is 0. The Morgan fingerprint density at radius 1 is 1.05 bits per heavy atom. The summed E-state index contributed by atoms with van der Waals surface area (Å²) in [5.41, 5.74) is 0. The maximum Gasteiger partial charge on any atom is 0.392 e. The molecule has 12 heteroatoms. The molecule has 0 aliphatic rings. The highest BCUT2D eigenvalue weighted by atomic mass is 31.2. The maximum atomic E-state index is 12.0. The molecule has 0 fully saturated rings. The molecule has 0 rings (SSSR count). The second kappa shape index (κ2) is 6.10. The smallest absolute Gasteiger partial charge is 0.392 e. The minimum absolute atomic E-state index is 1.58. The SMILES string of the molecule is O=C(CP(=O)(O)O)OC(CC(F)(F)F)CC(F)(F)F. The van der Waals surface area contributed by atoms with Gasteiger partial charge in [0.25, 0.3) is 0 Å². The lowest BCUT2D eigenvalue weighted by molar-refractivity contribution is -0.196. The Bertz CT molecular complexity index is 342. The Kier molecular flexibility index (Phi) is 5.84. The van der Waals surface area contributed by atoms with Crippen molar-refractivity contribution in [1.29, 1.82) is 0 Å². The number of carbonyl (C=O) groups is 1. The van der Waals surface area contributed by atoms with Crippen LogP contribution in [-0.4, -0.2) is 40.4 Å². The third-order valence-corrected chi connectivity index (χ3v) is 2.22. The predicted molar refractivity (Wildman–Crippen MR) is 48.1 cm³/mol. The molecule has 0 heterocycles. The highest BCUT2D eigenvalue weighted by Gasteiger charge is 2.41. The van der Waals surface area contributed by atoms with Crippen LogP contribution in [0.15, 0.2) is 0 Å². The van der Waals surface area contributed by atoms with Gasteiger partial charge in [0.15, 0.2) is 0 Å². The third kappa shape index (κ3) is 12.0. The molecule has 0 aliphatic heterocycles. The molecule has 0 aromatic carbocycles. The van der Waals surface area contributed by atoms with Gasteiger partial charge >= 0.3 is 25.9 Å². The Labute approximate surface area is 102 Å². The van der Waals surface area contributed by atoms with Crippen LogP contribution in [0.25, 0.3) is 0 Å². The zero-order chi connectivity index (χ0) is 15.5. The molecule has 0 bridgehead atoms. The summed E-state index contributed by atoms with van der Waals surface area (Å²) in [6, 6.07) is 0. The minimum Gasteiger partial charge on any atom is -0.461 e. The zero-order valence-electron chi connectivity index (χ0n) is 9.03. The molecule has 0 aromatic heterocycles. The molecule has 5 nitrogen and oxygen atoms in total. The Morgan fingerprint density at radius 2 is 1.42 bits per heavy atom. The molecule has 0 unspecified atom stereocenters. The van der Waals surface area contributed by atoms with Crippen molar-refractivity contribution in [3.63, 3.8) is 0 Å². The van der Waals surface area contributed by atoms with E-state index in [1.165, 1.54) is 0 Å². The van der Waals surface area contributed by atoms with Crippen molar-refractivity contribution in [3.05, 3.63) is 0 Å². The topological polar surface area (TPSA) is 83.8 Å². The van der Waals surface area contributed by atoms with Crippen molar-refractivity contribution < 1.29 is 50.2 Å². The van der Waals surface area contributed by atoms with Gasteiger partial charge in [-0.1, -0.05) is 0 Å². The Balaban J connectivity index is 4.68. The first-order valence-corrected chi connectivity index (χ1v) is 6.35. The standard InChI is InChI=1S/C7H9F6O5P/c8-6(9,10)1-4(2-7(11,12)13)18-5(14)3-19(15,16)17/h4H,1-3H2,(H2,15,16,17). The van der Waals surface area contributed by atoms with Crippen LogP contribution in [0.3, 0.4) is 0 Å². The van der Waals surface area contributed by atoms with Gasteiger partial charge in [-0.25, -0.2) is 0 Å². The molecule has 19 heavy (non-hydrogen) atoms. The second-order valence-electron chi connectivity index (χ2n) is 3.57. The van der Waals surface area contributed by atoms with Crippen LogP contribution in [0.2, 0.25) is 0 Å². The van der Waals surface area contributed by atoms with Crippen molar-refractivity contribution in [2.24, 2.45) is 0 Å². The van der Waals surface area contributed by atoms with Gasteiger partial charge in [-0.3, -0.25) is 9.36 Å². The second-order valence-corrected chi connectivity index (χ2v) is 5.22. The zero-order valence-corrected chi connectivity index (χ0v) is 9.93. The van der Waals surface area contributed by atoms with Crippen molar-refractivity contribution in [3.8, 4) is 0 Å². The van der Waals surface area contributed by atoms with Crippen molar-refractivity contribution in [1.82, 2.24) is 0 Å². The van der Waals surface area contributed by atoms with Crippen LogP contribution in [0.5, 0.6) is 0 Å². The fourth-order valence-electron chi connectivity index (χ4n) is 1.06. The lowest BCUT2D eigenvalue weighted by atomic mass is 10.2. The number of esters is 1. The molecule has 0 aliphatic carbocycles. The predicted octanol–water partition coefficient (Wildman–Crippen LogP) is 1.98. The molecule has 0 saturated carbocycles. The van der Waals surface area contributed by atoms with E-state index in [-0.39, 0.29) is 0 Å². The van der Waals surface area contributed by atoms with Crippen LogP contribution in [0.4, 0.5) is 26.3 Å². The van der Waals surface area contributed by atoms with Crippen LogP contribution in [-0.2, 0) is 14.1 Å². The van der Waals surface area contributed by atoms with E-state index in [1.54, 1.807) is 0 Å². The molecule has 0 atom stereocenters. The normalized spacial score (nSPS) is 13.7. The number of rotatable bonds is 5. The number of carbonyl (C=O) groups excluding carboxylic acids is 1. The maximum absolute atomic E-state index is 12.0. The summed E-state index contributed by atoms with van der Waals surface area (Å²) >= 11 is 0. The third-order valence-electron chi connectivity index (χ3n) is 1.55. The van der Waals surface area contributed by atoms with Gasteiger partial charge in [0.05, 0.1) is 12.8 Å². The molecule has 114 valence electrons. The molecule has 0 spiro atoms. The van der Waals surface area contributed by atoms with Crippen molar-refractivity contribution in [2.75, 3.05) is 6.16 Å². The summed E-state index contributed by atoms with van der Waals surface area (Å²) < 4.78 is 85.9. The van der Waals surface area contributed by atoms with Crippen LogP contribution in [0, 0.1) is 0 Å². The number of ether oxygens (including phenoxy) is 1. The number of hydrogen-bond donors (Lipinski definition) is 2. The summed E-state index contributed by atoms with van der Waals surface area (Å²) in [5, 5.41) is 0.